The van der Waals surface area contributed by atoms with Gasteiger partial charge in [-0.05, 0) is 35.9 Å². The van der Waals surface area contributed by atoms with Crippen molar-refractivity contribution in [3.05, 3.63) is 91.9 Å². The van der Waals surface area contributed by atoms with Gasteiger partial charge in [0.15, 0.2) is 0 Å². The highest BCUT2D eigenvalue weighted by Gasteiger charge is 2.61. The number of carbonyl (C=O) groups excluding carboxylic acids is 1. The number of benzene rings is 3. The van der Waals surface area contributed by atoms with Gasteiger partial charge < -0.3 is 10.1 Å². The highest BCUT2D eigenvalue weighted by molar-refractivity contribution is 9.10. The first kappa shape index (κ1) is 19.2. The van der Waals surface area contributed by atoms with Crippen molar-refractivity contribution in [2.24, 2.45) is 5.10 Å². The third-order valence-electron chi connectivity index (χ3n) is 5.89. The number of ether oxygens (including phenoxy) is 1. The third-order valence-corrected chi connectivity index (χ3v) is 6.88. The van der Waals surface area contributed by atoms with Gasteiger partial charge in [-0.3, -0.25) is 4.79 Å². The van der Waals surface area contributed by atoms with Crippen molar-refractivity contribution in [3.63, 3.8) is 0 Å². The molecule has 0 unspecified atom stereocenters. The van der Waals surface area contributed by atoms with Crippen LogP contribution in [-0.4, -0.2) is 16.6 Å². The normalized spacial score (nSPS) is 23.1. The Morgan fingerprint density at radius 3 is 2.74 bits per heavy atom. The molecule has 1 amide bonds. The molecule has 1 N–H and O–H groups in total. The Kier molecular flexibility index (Phi) is 4.16. The molecular weight excluding hydrogens is 501 g/mol. The number of hydrogen-bond donors (Lipinski definition) is 1. The van der Waals surface area contributed by atoms with Gasteiger partial charge in [0.1, 0.15) is 5.75 Å². The van der Waals surface area contributed by atoms with Gasteiger partial charge in [-0.15, -0.1) is 0 Å². The van der Waals surface area contributed by atoms with Crippen LogP contribution < -0.4 is 10.1 Å². The molecule has 3 aliphatic heterocycles. The lowest BCUT2D eigenvalue weighted by molar-refractivity contribution is -0.161. The summed E-state index contributed by atoms with van der Waals surface area (Å²) in [5.41, 5.74) is 2.58. The quantitative estimate of drug-likeness (QED) is 0.426. The minimum Gasteiger partial charge on any atom is -0.451 e. The van der Waals surface area contributed by atoms with Crippen molar-refractivity contribution in [1.82, 2.24) is 5.01 Å². The summed E-state index contributed by atoms with van der Waals surface area (Å²) in [4.78, 5) is 13.5. The number of carbonyl (C=O) groups is 1. The van der Waals surface area contributed by atoms with Gasteiger partial charge in [-0.1, -0.05) is 69.5 Å². The topological polar surface area (TPSA) is 53.9 Å². The lowest BCUT2D eigenvalue weighted by atomic mass is 9.92. The van der Waals surface area contributed by atoms with Crippen molar-refractivity contribution in [2.45, 2.75) is 18.2 Å². The second-order valence-corrected chi connectivity index (χ2v) is 9.43. The first-order chi connectivity index (χ1) is 15.0. The van der Waals surface area contributed by atoms with Crippen molar-refractivity contribution >= 4 is 56.4 Å². The average molecular weight is 515 g/mol. The summed E-state index contributed by atoms with van der Waals surface area (Å²) in [5.74, 6) is 0.153. The van der Waals surface area contributed by atoms with E-state index >= 15 is 0 Å². The zero-order valence-electron chi connectivity index (χ0n) is 15.9. The maximum Gasteiger partial charge on any atom is 0.306 e. The number of anilines is 1. The maximum atomic E-state index is 13.5. The molecule has 1 spiro atoms. The molecule has 0 aromatic heterocycles. The largest absolute Gasteiger partial charge is 0.451 e. The predicted octanol–water partition coefficient (Wildman–Crippen LogP) is 6.10. The second-order valence-electron chi connectivity index (χ2n) is 7.67. The molecule has 0 aliphatic carbocycles. The van der Waals surface area contributed by atoms with Crippen LogP contribution in [0.4, 0.5) is 5.69 Å². The molecule has 6 rings (SSSR count). The molecular formula is C23H14BrCl2N3O2. The third kappa shape index (κ3) is 2.68. The molecule has 0 bridgehead atoms. The first-order valence-corrected chi connectivity index (χ1v) is 11.2. The molecule has 0 saturated heterocycles. The Labute approximate surface area is 196 Å². The molecule has 3 aromatic rings. The van der Waals surface area contributed by atoms with Crippen LogP contribution in [0.25, 0.3) is 0 Å². The molecule has 3 aromatic carbocycles. The van der Waals surface area contributed by atoms with Gasteiger partial charge >= 0.3 is 5.72 Å². The SMILES string of the molecule is O=C1Nc2ccc(Br)cc2[C@@]12Oc1c(Cl)cc(Cl)cc1[C@@H]1CC(c3ccccc3)=NN12. The zero-order valence-corrected chi connectivity index (χ0v) is 19.0. The number of fused-ring (bicyclic) bond motifs is 6. The number of nitrogens with one attached hydrogen (secondary N) is 1. The lowest BCUT2D eigenvalue weighted by Crippen LogP contribution is -2.55. The van der Waals surface area contributed by atoms with E-state index in [0.29, 0.717) is 33.5 Å². The molecule has 0 fully saturated rings. The molecule has 154 valence electrons. The maximum absolute atomic E-state index is 13.5. The molecule has 31 heavy (non-hydrogen) atoms. The first-order valence-electron chi connectivity index (χ1n) is 9.69. The van der Waals surface area contributed by atoms with E-state index in [2.05, 4.69) is 21.2 Å². The Bertz CT molecular complexity index is 1300. The van der Waals surface area contributed by atoms with Crippen LogP contribution in [0, 0.1) is 0 Å². The molecule has 3 heterocycles. The van der Waals surface area contributed by atoms with Gasteiger partial charge in [0.25, 0.3) is 5.91 Å². The zero-order chi connectivity index (χ0) is 21.3. The van der Waals surface area contributed by atoms with Crippen LogP contribution in [-0.2, 0) is 10.5 Å². The number of hydrogen-bond acceptors (Lipinski definition) is 4. The van der Waals surface area contributed by atoms with Gasteiger partial charge in [0, 0.05) is 21.5 Å². The van der Waals surface area contributed by atoms with E-state index in [1.165, 1.54) is 0 Å². The average Bonchev–Trinajstić information content (AvgIpc) is 3.31. The number of nitrogens with zero attached hydrogens (tertiary/aromatic N) is 2. The van der Waals surface area contributed by atoms with Crippen LogP contribution in [0.2, 0.25) is 10.0 Å². The van der Waals surface area contributed by atoms with Crippen LogP contribution in [0.5, 0.6) is 5.75 Å². The predicted molar refractivity (Wildman–Crippen MR) is 124 cm³/mol. The van der Waals surface area contributed by atoms with Crippen LogP contribution in [0.3, 0.4) is 0 Å². The molecule has 5 nitrogen and oxygen atoms in total. The van der Waals surface area contributed by atoms with E-state index in [1.807, 2.05) is 54.6 Å². The van der Waals surface area contributed by atoms with Crippen molar-refractivity contribution < 1.29 is 9.53 Å². The summed E-state index contributed by atoms with van der Waals surface area (Å²) >= 11 is 16.4. The highest BCUT2D eigenvalue weighted by Crippen LogP contribution is 2.56. The molecule has 2 atom stereocenters. The number of rotatable bonds is 1. The summed E-state index contributed by atoms with van der Waals surface area (Å²) in [6, 6.07) is 18.7. The molecule has 0 radical (unpaired) electrons. The van der Waals surface area contributed by atoms with E-state index in [0.717, 1.165) is 21.3 Å². The van der Waals surface area contributed by atoms with Gasteiger partial charge in [0.2, 0.25) is 0 Å². The highest BCUT2D eigenvalue weighted by atomic mass is 79.9. The minimum atomic E-state index is -1.47. The van der Waals surface area contributed by atoms with Crippen molar-refractivity contribution in [1.29, 1.82) is 0 Å². The lowest BCUT2D eigenvalue weighted by Gasteiger charge is -2.44. The Morgan fingerprint density at radius 1 is 1.13 bits per heavy atom. The van der Waals surface area contributed by atoms with E-state index < -0.39 is 5.72 Å². The number of halogens is 3. The number of amides is 1. The summed E-state index contributed by atoms with van der Waals surface area (Å²) in [6.07, 6.45) is 0.593. The van der Waals surface area contributed by atoms with Crippen LogP contribution in [0.1, 0.15) is 29.2 Å². The number of hydrazone groups is 1. The Balaban J connectivity index is 1.62. The smallest absolute Gasteiger partial charge is 0.306 e. The molecule has 8 heteroatoms. The van der Waals surface area contributed by atoms with Gasteiger partial charge in [0.05, 0.1) is 28.0 Å². The van der Waals surface area contributed by atoms with E-state index in [-0.39, 0.29) is 11.9 Å². The monoisotopic (exact) mass is 513 g/mol. The van der Waals surface area contributed by atoms with E-state index in [4.69, 9.17) is 33.0 Å². The minimum absolute atomic E-state index is 0.258. The summed E-state index contributed by atoms with van der Waals surface area (Å²) in [7, 11) is 0. The second kappa shape index (κ2) is 6.73. The Hall–Kier alpha value is -2.54. The standard InChI is InChI=1S/C23H14BrCl2N3O2/c24-13-6-7-18-16(8-13)23(22(30)27-18)29-20(11-19(28-29)12-4-2-1-3-5-12)15-9-14(25)10-17(26)21(15)31-23/h1-10,20H,11H2,(H,27,30)/t20-,23+/m0/s1. The van der Waals surface area contributed by atoms with E-state index in [9.17, 15) is 4.79 Å². The van der Waals surface area contributed by atoms with Gasteiger partial charge in [-0.2, -0.15) is 5.10 Å². The summed E-state index contributed by atoms with van der Waals surface area (Å²) < 4.78 is 7.29. The van der Waals surface area contributed by atoms with Crippen LogP contribution >= 0.6 is 39.1 Å². The Morgan fingerprint density at radius 2 is 1.94 bits per heavy atom. The van der Waals surface area contributed by atoms with E-state index in [1.54, 1.807) is 11.1 Å². The summed E-state index contributed by atoms with van der Waals surface area (Å²) in [5, 5.41) is 10.5. The fourth-order valence-corrected chi connectivity index (χ4v) is 5.45. The molecule has 3 aliphatic rings. The van der Waals surface area contributed by atoms with Crippen molar-refractivity contribution in [2.75, 3.05) is 5.32 Å². The molecule has 0 saturated carbocycles. The van der Waals surface area contributed by atoms with Crippen LogP contribution in [0.15, 0.2) is 70.2 Å². The summed E-state index contributed by atoms with van der Waals surface area (Å²) in [6.45, 7) is 0. The fourth-order valence-electron chi connectivity index (χ4n) is 4.54. The fraction of sp³-hybridized carbons (Fsp3) is 0.130. The van der Waals surface area contributed by atoms with Gasteiger partial charge in [-0.25, -0.2) is 5.01 Å². The van der Waals surface area contributed by atoms with Crippen molar-refractivity contribution in [3.8, 4) is 5.75 Å².